The number of hydrogen-bond donors (Lipinski definition) is 0. The van der Waals surface area contributed by atoms with Crippen LogP contribution < -0.4 is 0 Å². The molecule has 0 N–H and O–H groups in total. The minimum Gasteiger partial charge on any atom is -0.465 e. The maximum absolute atomic E-state index is 11.0. The number of rotatable bonds is 0. The van der Waals surface area contributed by atoms with Gasteiger partial charge in [0, 0.05) is 23.6 Å². The van der Waals surface area contributed by atoms with Crippen LogP contribution in [0.25, 0.3) is 0 Å². The number of alkyl halides is 1. The van der Waals surface area contributed by atoms with E-state index < -0.39 is 0 Å². The Labute approximate surface area is 85.9 Å². The van der Waals surface area contributed by atoms with Crippen molar-refractivity contribution in [1.82, 2.24) is 0 Å². The molecule has 1 heterocycles. The zero-order chi connectivity index (χ0) is 8.81. The van der Waals surface area contributed by atoms with Crippen LogP contribution in [-0.2, 0) is 14.3 Å². The van der Waals surface area contributed by atoms with E-state index in [1.807, 2.05) is 0 Å². The fourth-order valence-electron chi connectivity index (χ4n) is 0.971. The summed E-state index contributed by atoms with van der Waals surface area (Å²) in [6.07, 6.45) is 2.24. The third-order valence-electron chi connectivity index (χ3n) is 1.67. The van der Waals surface area contributed by atoms with Crippen LogP contribution in [0.3, 0.4) is 0 Å². The predicted octanol–water partition coefficient (Wildman–Crippen LogP) is 1.53. The van der Waals surface area contributed by atoms with Crippen LogP contribution in [0.15, 0.2) is 0 Å². The molecule has 0 spiro atoms. The SMILES string of the molecule is O=C1CCCOCCC(I)CO1. The number of hydrogen-bond acceptors (Lipinski definition) is 3. The lowest BCUT2D eigenvalue weighted by molar-refractivity contribution is -0.144. The van der Waals surface area contributed by atoms with Crippen molar-refractivity contribution in [3.8, 4) is 0 Å². The van der Waals surface area contributed by atoms with Gasteiger partial charge in [-0.3, -0.25) is 4.79 Å². The lowest BCUT2D eigenvalue weighted by Gasteiger charge is -2.13. The highest BCUT2D eigenvalue weighted by molar-refractivity contribution is 14.1. The van der Waals surface area contributed by atoms with Gasteiger partial charge in [0.1, 0.15) is 6.61 Å². The molecule has 0 aromatic carbocycles. The van der Waals surface area contributed by atoms with E-state index in [9.17, 15) is 4.79 Å². The van der Waals surface area contributed by atoms with E-state index in [-0.39, 0.29) is 5.97 Å². The number of ether oxygens (including phenoxy) is 2. The zero-order valence-corrected chi connectivity index (χ0v) is 9.08. The van der Waals surface area contributed by atoms with Gasteiger partial charge in [0.25, 0.3) is 0 Å². The lowest BCUT2D eigenvalue weighted by Crippen LogP contribution is -2.18. The molecular formula is C8H13IO3. The van der Waals surface area contributed by atoms with Gasteiger partial charge in [0.2, 0.25) is 0 Å². The van der Waals surface area contributed by atoms with Crippen molar-refractivity contribution < 1.29 is 14.3 Å². The average molecular weight is 284 g/mol. The molecule has 12 heavy (non-hydrogen) atoms. The molecule has 1 fully saturated rings. The Hall–Kier alpha value is 0.160. The van der Waals surface area contributed by atoms with Crippen molar-refractivity contribution in [3.05, 3.63) is 0 Å². The fourth-order valence-corrected chi connectivity index (χ4v) is 1.40. The van der Waals surface area contributed by atoms with Gasteiger partial charge in [0.05, 0.1) is 0 Å². The van der Waals surface area contributed by atoms with Gasteiger partial charge in [-0.25, -0.2) is 0 Å². The second-order valence-corrected chi connectivity index (χ2v) is 4.55. The largest absolute Gasteiger partial charge is 0.465 e. The summed E-state index contributed by atoms with van der Waals surface area (Å²) in [6, 6.07) is 0. The van der Waals surface area contributed by atoms with E-state index in [0.29, 0.717) is 23.6 Å². The highest BCUT2D eigenvalue weighted by atomic mass is 127. The van der Waals surface area contributed by atoms with Crippen molar-refractivity contribution in [1.29, 1.82) is 0 Å². The second kappa shape index (κ2) is 5.75. The van der Waals surface area contributed by atoms with Gasteiger partial charge in [0.15, 0.2) is 0 Å². The molecular weight excluding hydrogens is 271 g/mol. The second-order valence-electron chi connectivity index (χ2n) is 2.78. The van der Waals surface area contributed by atoms with Crippen LogP contribution in [-0.4, -0.2) is 29.7 Å². The highest BCUT2D eigenvalue weighted by Gasteiger charge is 2.10. The summed E-state index contributed by atoms with van der Waals surface area (Å²) in [7, 11) is 0. The van der Waals surface area contributed by atoms with Crippen LogP contribution in [0.5, 0.6) is 0 Å². The molecule has 1 aliphatic rings. The predicted molar refractivity (Wildman–Crippen MR) is 53.4 cm³/mol. The topological polar surface area (TPSA) is 35.5 Å². The molecule has 0 saturated carbocycles. The third kappa shape index (κ3) is 4.25. The van der Waals surface area contributed by atoms with E-state index in [0.717, 1.165) is 19.4 Å². The van der Waals surface area contributed by atoms with E-state index in [1.54, 1.807) is 0 Å². The number of cyclic esters (lactones) is 1. The normalized spacial score (nSPS) is 27.8. The Morgan fingerprint density at radius 2 is 2.25 bits per heavy atom. The van der Waals surface area contributed by atoms with Crippen molar-refractivity contribution >= 4 is 28.6 Å². The standard InChI is InChI=1S/C8H13IO3/c9-7-3-5-11-4-1-2-8(10)12-6-7/h7H,1-6H2. The van der Waals surface area contributed by atoms with E-state index in [4.69, 9.17) is 9.47 Å². The van der Waals surface area contributed by atoms with E-state index in [1.165, 1.54) is 0 Å². The fraction of sp³-hybridized carbons (Fsp3) is 0.875. The molecule has 0 aromatic heterocycles. The first-order valence-electron chi connectivity index (χ1n) is 4.16. The molecule has 1 atom stereocenters. The van der Waals surface area contributed by atoms with Crippen molar-refractivity contribution in [2.45, 2.75) is 23.2 Å². The molecule has 0 radical (unpaired) electrons. The number of carbonyl (C=O) groups excluding carboxylic acids is 1. The Morgan fingerprint density at radius 3 is 3.08 bits per heavy atom. The van der Waals surface area contributed by atoms with Crippen LogP contribution in [0.2, 0.25) is 0 Å². The molecule has 4 heteroatoms. The first-order valence-corrected chi connectivity index (χ1v) is 5.41. The van der Waals surface area contributed by atoms with Crippen molar-refractivity contribution in [2.24, 2.45) is 0 Å². The Balaban J connectivity index is 2.27. The van der Waals surface area contributed by atoms with Crippen LogP contribution in [0.1, 0.15) is 19.3 Å². The quantitative estimate of drug-likeness (QED) is 0.384. The summed E-state index contributed by atoms with van der Waals surface area (Å²) in [5.41, 5.74) is 0. The smallest absolute Gasteiger partial charge is 0.305 e. The third-order valence-corrected chi connectivity index (χ3v) is 2.65. The number of esters is 1. The van der Waals surface area contributed by atoms with Gasteiger partial charge in [-0.15, -0.1) is 0 Å². The first kappa shape index (κ1) is 10.2. The maximum atomic E-state index is 11.0. The summed E-state index contributed by atoms with van der Waals surface area (Å²) in [6.45, 7) is 1.99. The summed E-state index contributed by atoms with van der Waals surface area (Å²) < 4.78 is 10.7. The highest BCUT2D eigenvalue weighted by Crippen LogP contribution is 2.09. The zero-order valence-electron chi connectivity index (χ0n) is 6.92. The average Bonchev–Trinajstić information content (AvgIpc) is 2.07. The van der Waals surface area contributed by atoms with Gasteiger partial charge < -0.3 is 9.47 Å². The molecule has 0 aliphatic carbocycles. The Bertz CT molecular complexity index is 149. The molecule has 1 aliphatic heterocycles. The molecule has 70 valence electrons. The monoisotopic (exact) mass is 284 g/mol. The molecule has 0 bridgehead atoms. The Kier molecular flexibility index (Phi) is 4.90. The van der Waals surface area contributed by atoms with Gasteiger partial charge in [-0.05, 0) is 12.8 Å². The summed E-state index contributed by atoms with van der Waals surface area (Å²) in [5, 5.41) is 0. The molecule has 0 aromatic rings. The van der Waals surface area contributed by atoms with Crippen LogP contribution >= 0.6 is 22.6 Å². The van der Waals surface area contributed by atoms with Crippen molar-refractivity contribution in [3.63, 3.8) is 0 Å². The van der Waals surface area contributed by atoms with E-state index in [2.05, 4.69) is 22.6 Å². The van der Waals surface area contributed by atoms with Gasteiger partial charge in [-0.2, -0.15) is 0 Å². The van der Waals surface area contributed by atoms with Crippen molar-refractivity contribution in [2.75, 3.05) is 19.8 Å². The summed E-state index contributed by atoms with van der Waals surface area (Å²) in [5.74, 6) is -0.0952. The minimum absolute atomic E-state index is 0.0952. The van der Waals surface area contributed by atoms with Crippen LogP contribution in [0, 0.1) is 0 Å². The van der Waals surface area contributed by atoms with Gasteiger partial charge >= 0.3 is 5.97 Å². The van der Waals surface area contributed by atoms with E-state index >= 15 is 0 Å². The maximum Gasteiger partial charge on any atom is 0.305 e. The molecule has 0 amide bonds. The molecule has 1 saturated heterocycles. The lowest BCUT2D eigenvalue weighted by atomic mass is 10.3. The summed E-state index contributed by atoms with van der Waals surface area (Å²) in [4.78, 5) is 11.0. The number of halogens is 1. The minimum atomic E-state index is -0.0952. The van der Waals surface area contributed by atoms with Crippen LogP contribution in [0.4, 0.5) is 0 Å². The molecule has 1 rings (SSSR count). The number of carbonyl (C=O) groups is 1. The molecule has 1 unspecified atom stereocenters. The molecule has 3 nitrogen and oxygen atoms in total. The van der Waals surface area contributed by atoms with Gasteiger partial charge in [-0.1, -0.05) is 22.6 Å². The first-order chi connectivity index (χ1) is 5.79. The summed E-state index contributed by atoms with van der Waals surface area (Å²) >= 11 is 2.28. The Morgan fingerprint density at radius 1 is 1.42 bits per heavy atom.